The fourth-order valence-corrected chi connectivity index (χ4v) is 3.30. The molecule has 3 N–H and O–H groups in total. The first-order valence-electron chi connectivity index (χ1n) is 6.04. The van der Waals surface area contributed by atoms with E-state index in [1.54, 1.807) is 23.7 Å². The first-order chi connectivity index (χ1) is 9.74. The third kappa shape index (κ3) is 2.63. The lowest BCUT2D eigenvalue weighted by Gasteiger charge is -2.05. The summed E-state index contributed by atoms with van der Waals surface area (Å²) in [6.45, 7) is 2.67. The van der Waals surface area contributed by atoms with Crippen LogP contribution >= 0.6 is 22.9 Å². The van der Waals surface area contributed by atoms with Gasteiger partial charge in [-0.15, -0.1) is 11.3 Å². The van der Waals surface area contributed by atoms with E-state index < -0.39 is 0 Å². The van der Waals surface area contributed by atoms with E-state index in [1.807, 2.05) is 24.4 Å². The summed E-state index contributed by atoms with van der Waals surface area (Å²) in [7, 11) is 0. The zero-order valence-electron chi connectivity index (χ0n) is 10.8. The van der Waals surface area contributed by atoms with Crippen LogP contribution in [0.5, 0.6) is 0 Å². The highest BCUT2D eigenvalue weighted by molar-refractivity contribution is 7.11. The van der Waals surface area contributed by atoms with Gasteiger partial charge in [-0.05, 0) is 36.2 Å². The number of hydrogen-bond donors (Lipinski definition) is 2. The average molecular weight is 303 g/mol. The Hall–Kier alpha value is -1.99. The van der Waals surface area contributed by atoms with Crippen LogP contribution in [0.25, 0.3) is 11.1 Å². The maximum absolute atomic E-state index is 5.97. The van der Waals surface area contributed by atoms with Gasteiger partial charge in [0.05, 0.1) is 12.1 Å². The monoisotopic (exact) mass is 303 g/mol. The van der Waals surface area contributed by atoms with Crippen LogP contribution < -0.4 is 11.1 Å². The van der Waals surface area contributed by atoms with Gasteiger partial charge in [0.2, 0.25) is 0 Å². The molecule has 0 radical (unpaired) electrons. The van der Waals surface area contributed by atoms with Crippen molar-refractivity contribution in [3.63, 3.8) is 0 Å². The molecule has 0 unspecified atom stereocenters. The summed E-state index contributed by atoms with van der Waals surface area (Å²) in [5, 5.41) is 7.42. The molecular formula is C13H13N5S2. The maximum atomic E-state index is 5.97. The van der Waals surface area contributed by atoms with Crippen molar-refractivity contribution < 1.29 is 0 Å². The molecule has 0 aliphatic carbocycles. The summed E-state index contributed by atoms with van der Waals surface area (Å²) < 4.78 is 4.23. The van der Waals surface area contributed by atoms with Crippen LogP contribution in [0.15, 0.2) is 29.9 Å². The van der Waals surface area contributed by atoms with Crippen molar-refractivity contribution in [3.05, 3.63) is 40.6 Å². The van der Waals surface area contributed by atoms with Crippen LogP contribution in [-0.4, -0.2) is 14.3 Å². The molecule has 3 aromatic heterocycles. The molecule has 0 atom stereocenters. The summed E-state index contributed by atoms with van der Waals surface area (Å²) in [5.74, 6) is 0.541. The summed E-state index contributed by atoms with van der Waals surface area (Å²) in [5.41, 5.74) is 8.97. The highest BCUT2D eigenvalue weighted by Crippen LogP contribution is 2.36. The van der Waals surface area contributed by atoms with Crippen molar-refractivity contribution in [1.29, 1.82) is 0 Å². The number of nitrogen functional groups attached to an aromatic ring is 1. The van der Waals surface area contributed by atoms with E-state index in [0.29, 0.717) is 12.4 Å². The highest BCUT2D eigenvalue weighted by atomic mass is 32.1. The Morgan fingerprint density at radius 3 is 2.80 bits per heavy atom. The lowest BCUT2D eigenvalue weighted by molar-refractivity contribution is 1.08. The fraction of sp³-hybridized carbons (Fsp3) is 0.154. The predicted molar refractivity (Wildman–Crippen MR) is 83.9 cm³/mol. The van der Waals surface area contributed by atoms with Crippen LogP contribution in [0.2, 0.25) is 0 Å². The summed E-state index contributed by atoms with van der Waals surface area (Å²) in [6, 6.07) is 3.86. The topological polar surface area (TPSA) is 76.7 Å². The molecule has 3 aromatic rings. The number of nitrogens with two attached hydrogens (primary N) is 1. The lowest BCUT2D eigenvalue weighted by Crippen LogP contribution is -1.99. The fourth-order valence-electron chi connectivity index (χ4n) is 1.86. The number of anilines is 2. The molecule has 0 aromatic carbocycles. The zero-order chi connectivity index (χ0) is 13.9. The van der Waals surface area contributed by atoms with Gasteiger partial charge in [0.1, 0.15) is 15.8 Å². The molecule has 0 saturated heterocycles. The molecule has 5 nitrogen and oxygen atoms in total. The van der Waals surface area contributed by atoms with Gasteiger partial charge < -0.3 is 11.1 Å². The number of thiazole rings is 1. The van der Waals surface area contributed by atoms with Crippen molar-refractivity contribution in [2.24, 2.45) is 0 Å². The third-order valence-corrected chi connectivity index (χ3v) is 4.54. The van der Waals surface area contributed by atoms with E-state index in [1.165, 1.54) is 11.5 Å². The maximum Gasteiger partial charge on any atom is 0.147 e. The van der Waals surface area contributed by atoms with Crippen molar-refractivity contribution in [1.82, 2.24) is 14.3 Å². The van der Waals surface area contributed by atoms with Crippen LogP contribution in [0.4, 0.5) is 10.8 Å². The number of aromatic nitrogens is 3. The van der Waals surface area contributed by atoms with Crippen LogP contribution in [-0.2, 0) is 6.54 Å². The second-order valence-corrected chi connectivity index (χ2v) is 5.96. The molecule has 0 aliphatic heterocycles. The smallest absolute Gasteiger partial charge is 0.147 e. The summed E-state index contributed by atoms with van der Waals surface area (Å²) in [6.07, 6.45) is 3.50. The number of nitrogens with zero attached hydrogens (tertiary/aromatic N) is 3. The molecule has 3 rings (SSSR count). The van der Waals surface area contributed by atoms with Gasteiger partial charge in [-0.25, -0.2) is 4.98 Å². The van der Waals surface area contributed by atoms with Crippen LogP contribution in [0.3, 0.4) is 0 Å². The molecule has 0 saturated carbocycles. The van der Waals surface area contributed by atoms with Crippen LogP contribution in [0, 0.1) is 6.92 Å². The number of aryl methyl sites for hydroxylation is 1. The van der Waals surface area contributed by atoms with Gasteiger partial charge in [-0.3, -0.25) is 4.98 Å². The third-order valence-electron chi connectivity index (χ3n) is 2.75. The lowest BCUT2D eigenvalue weighted by atomic mass is 10.1. The minimum Gasteiger partial charge on any atom is -0.382 e. The Bertz CT molecular complexity index is 705. The van der Waals surface area contributed by atoms with E-state index >= 15 is 0 Å². The molecule has 0 spiro atoms. The van der Waals surface area contributed by atoms with E-state index in [9.17, 15) is 0 Å². The van der Waals surface area contributed by atoms with Crippen molar-refractivity contribution >= 4 is 33.7 Å². The predicted octanol–water partition coefficient (Wildman–Crippen LogP) is 3.16. The average Bonchev–Trinajstić information content (AvgIpc) is 3.03. The molecule has 0 fully saturated rings. The number of nitrogens with one attached hydrogen (secondary N) is 1. The Morgan fingerprint density at radius 1 is 1.30 bits per heavy atom. The van der Waals surface area contributed by atoms with Crippen molar-refractivity contribution in [2.75, 3.05) is 11.1 Å². The Morgan fingerprint density at radius 2 is 2.10 bits per heavy atom. The first-order valence-corrected chi connectivity index (χ1v) is 7.70. The molecule has 20 heavy (non-hydrogen) atoms. The number of rotatable bonds is 4. The quantitative estimate of drug-likeness (QED) is 0.774. The Balaban J connectivity index is 1.84. The molecule has 0 aliphatic rings. The SMILES string of the molecule is Cc1csc(CNc2snc(N)c2-c2ccncc2)n1. The molecule has 7 heteroatoms. The Kier molecular flexibility index (Phi) is 3.62. The molecule has 0 amide bonds. The minimum atomic E-state index is 0.541. The number of hydrogen-bond acceptors (Lipinski definition) is 7. The van der Waals surface area contributed by atoms with E-state index in [-0.39, 0.29) is 0 Å². The van der Waals surface area contributed by atoms with Gasteiger partial charge >= 0.3 is 0 Å². The van der Waals surface area contributed by atoms with Crippen molar-refractivity contribution in [2.45, 2.75) is 13.5 Å². The van der Waals surface area contributed by atoms with Gasteiger partial charge in [-0.1, -0.05) is 0 Å². The standard InChI is InChI=1S/C13H13N5S2/c1-8-7-19-10(17-8)6-16-13-11(12(14)18-20-13)9-2-4-15-5-3-9/h2-5,7,16H,6H2,1H3,(H2,14,18). The van der Waals surface area contributed by atoms with E-state index in [2.05, 4.69) is 19.7 Å². The van der Waals surface area contributed by atoms with E-state index in [4.69, 9.17) is 5.73 Å². The van der Waals surface area contributed by atoms with Gasteiger partial charge in [0, 0.05) is 23.5 Å². The normalized spacial score (nSPS) is 10.7. The zero-order valence-corrected chi connectivity index (χ0v) is 12.5. The second kappa shape index (κ2) is 5.56. The van der Waals surface area contributed by atoms with Gasteiger partial charge in [0.25, 0.3) is 0 Å². The second-order valence-electron chi connectivity index (χ2n) is 4.24. The van der Waals surface area contributed by atoms with Crippen LogP contribution in [0.1, 0.15) is 10.7 Å². The number of pyridine rings is 1. The molecule has 102 valence electrons. The first kappa shape index (κ1) is 13.0. The highest BCUT2D eigenvalue weighted by Gasteiger charge is 2.13. The van der Waals surface area contributed by atoms with Gasteiger partial charge in [0.15, 0.2) is 0 Å². The molecular weight excluding hydrogens is 290 g/mol. The van der Waals surface area contributed by atoms with E-state index in [0.717, 1.165) is 26.8 Å². The van der Waals surface area contributed by atoms with Gasteiger partial charge in [-0.2, -0.15) is 4.37 Å². The molecule has 0 bridgehead atoms. The molecule has 3 heterocycles. The largest absolute Gasteiger partial charge is 0.382 e. The summed E-state index contributed by atoms with van der Waals surface area (Å²) >= 11 is 3.01. The Labute approximate surface area is 124 Å². The minimum absolute atomic E-state index is 0.541. The summed E-state index contributed by atoms with van der Waals surface area (Å²) in [4.78, 5) is 8.46. The van der Waals surface area contributed by atoms with Crippen molar-refractivity contribution in [3.8, 4) is 11.1 Å².